The molecule has 0 amide bonds. The standard InChI is InChI=1S/C21H20ClF2N3O.C2H6/c1-5-26(4)21-15-9-16(22)18(14-7-6-13(23)8-17(14)24)20-19(15)27(12(3)25-21)11(2)10-28-20;1-2/h6-9,11H,3,5,10H2,1-2,4H3;1-2H3. The van der Waals surface area contributed by atoms with E-state index in [1.54, 1.807) is 6.07 Å². The maximum Gasteiger partial charge on any atom is 0.153 e. The lowest BCUT2D eigenvalue weighted by Crippen LogP contribution is -2.44. The summed E-state index contributed by atoms with van der Waals surface area (Å²) < 4.78 is 34.0. The molecule has 0 aromatic heterocycles. The van der Waals surface area contributed by atoms with Gasteiger partial charge in [0.1, 0.15) is 29.9 Å². The minimum atomic E-state index is -0.693. The zero-order chi connectivity index (χ0) is 22.2. The van der Waals surface area contributed by atoms with E-state index in [2.05, 4.69) is 11.6 Å². The summed E-state index contributed by atoms with van der Waals surface area (Å²) in [7, 11) is 1.93. The van der Waals surface area contributed by atoms with Gasteiger partial charge in [-0.25, -0.2) is 13.8 Å². The van der Waals surface area contributed by atoms with Crippen LogP contribution in [0.2, 0.25) is 5.02 Å². The normalized spacial score (nSPS) is 16.8. The SMILES string of the molecule is C=C1N=C(N(C)CC)c2cc(Cl)c(-c3ccc(F)cc3F)c3c2N1C(C)CO3.CC. The molecule has 0 spiro atoms. The summed E-state index contributed by atoms with van der Waals surface area (Å²) in [6.45, 7) is 13.3. The van der Waals surface area contributed by atoms with Crippen molar-refractivity contribution in [2.45, 2.75) is 33.7 Å². The van der Waals surface area contributed by atoms with Gasteiger partial charge in [-0.05, 0) is 32.0 Å². The lowest BCUT2D eigenvalue weighted by atomic mass is 9.95. The van der Waals surface area contributed by atoms with Crippen molar-refractivity contribution in [3.8, 4) is 16.9 Å². The zero-order valence-electron chi connectivity index (χ0n) is 17.9. The predicted molar refractivity (Wildman–Crippen MR) is 120 cm³/mol. The van der Waals surface area contributed by atoms with Crippen LogP contribution in [0.3, 0.4) is 0 Å². The highest BCUT2D eigenvalue weighted by Crippen LogP contribution is 2.51. The molecule has 1 atom stereocenters. The molecule has 0 saturated carbocycles. The Hall–Kier alpha value is -2.60. The van der Waals surface area contributed by atoms with Crippen LogP contribution in [-0.2, 0) is 0 Å². The smallest absolute Gasteiger partial charge is 0.153 e. The van der Waals surface area contributed by atoms with Crippen molar-refractivity contribution in [2.75, 3.05) is 25.1 Å². The Labute approximate surface area is 181 Å². The van der Waals surface area contributed by atoms with Gasteiger partial charge in [-0.15, -0.1) is 0 Å². The van der Waals surface area contributed by atoms with Gasteiger partial charge in [-0.1, -0.05) is 32.0 Å². The monoisotopic (exact) mass is 433 g/mol. The van der Waals surface area contributed by atoms with Crippen LogP contribution in [0, 0.1) is 11.6 Å². The first-order chi connectivity index (χ1) is 14.3. The minimum absolute atomic E-state index is 0.00285. The fourth-order valence-electron chi connectivity index (χ4n) is 3.67. The maximum absolute atomic E-state index is 14.6. The molecule has 0 radical (unpaired) electrons. The summed E-state index contributed by atoms with van der Waals surface area (Å²) in [5.41, 5.74) is 2.16. The first-order valence-electron chi connectivity index (χ1n) is 10.1. The molecule has 2 aromatic carbocycles. The summed E-state index contributed by atoms with van der Waals surface area (Å²) in [6.07, 6.45) is 0. The summed E-state index contributed by atoms with van der Waals surface area (Å²) in [4.78, 5) is 8.66. The number of ether oxygens (including phenoxy) is 1. The van der Waals surface area contributed by atoms with Crippen molar-refractivity contribution in [1.29, 1.82) is 0 Å². The van der Waals surface area contributed by atoms with E-state index in [1.165, 1.54) is 12.1 Å². The Morgan fingerprint density at radius 3 is 2.60 bits per heavy atom. The molecule has 2 heterocycles. The Bertz CT molecular complexity index is 1020. The largest absolute Gasteiger partial charge is 0.489 e. The van der Waals surface area contributed by atoms with E-state index in [9.17, 15) is 8.78 Å². The van der Waals surface area contributed by atoms with E-state index in [0.717, 1.165) is 29.7 Å². The molecule has 30 heavy (non-hydrogen) atoms. The van der Waals surface area contributed by atoms with Crippen LogP contribution in [0.15, 0.2) is 41.7 Å². The van der Waals surface area contributed by atoms with Crippen LogP contribution < -0.4 is 9.64 Å². The van der Waals surface area contributed by atoms with Gasteiger partial charge < -0.3 is 14.5 Å². The summed E-state index contributed by atoms with van der Waals surface area (Å²) in [5.74, 6) is 0.441. The lowest BCUT2D eigenvalue weighted by Gasteiger charge is -2.42. The number of hydrogen-bond acceptors (Lipinski definition) is 4. The van der Waals surface area contributed by atoms with Crippen molar-refractivity contribution in [1.82, 2.24) is 4.90 Å². The quantitative estimate of drug-likeness (QED) is 0.574. The lowest BCUT2D eigenvalue weighted by molar-refractivity contribution is 0.276. The van der Waals surface area contributed by atoms with Crippen molar-refractivity contribution < 1.29 is 13.5 Å². The van der Waals surface area contributed by atoms with Gasteiger partial charge in [0.05, 0.1) is 16.8 Å². The summed E-state index contributed by atoms with van der Waals surface area (Å²) in [5, 5.41) is 0.318. The van der Waals surface area contributed by atoms with Gasteiger partial charge in [0.25, 0.3) is 0 Å². The maximum atomic E-state index is 14.6. The molecule has 0 aliphatic carbocycles. The fraction of sp³-hybridized carbons (Fsp3) is 0.348. The van der Waals surface area contributed by atoms with E-state index in [0.29, 0.717) is 28.8 Å². The van der Waals surface area contributed by atoms with Gasteiger partial charge >= 0.3 is 0 Å². The Balaban J connectivity index is 0.00000124. The third kappa shape index (κ3) is 3.54. The Morgan fingerprint density at radius 1 is 1.27 bits per heavy atom. The second kappa shape index (κ2) is 8.64. The molecule has 4 nitrogen and oxygen atoms in total. The van der Waals surface area contributed by atoms with Crippen molar-refractivity contribution >= 4 is 23.1 Å². The number of aliphatic imine (C=N–C) groups is 1. The highest BCUT2D eigenvalue weighted by molar-refractivity contribution is 6.35. The summed E-state index contributed by atoms with van der Waals surface area (Å²) in [6, 6.07) is 5.21. The molecular formula is C23H26ClF2N3O. The fourth-order valence-corrected chi connectivity index (χ4v) is 3.97. The topological polar surface area (TPSA) is 28.1 Å². The Morgan fingerprint density at radius 2 is 1.97 bits per heavy atom. The second-order valence-corrected chi connectivity index (χ2v) is 7.39. The number of hydrogen-bond donors (Lipinski definition) is 0. The average Bonchev–Trinajstić information content (AvgIpc) is 2.73. The zero-order valence-corrected chi connectivity index (χ0v) is 18.6. The van der Waals surface area contributed by atoms with Gasteiger partial charge in [0.2, 0.25) is 0 Å². The van der Waals surface area contributed by atoms with Crippen molar-refractivity contribution in [3.05, 3.63) is 58.9 Å². The van der Waals surface area contributed by atoms with E-state index >= 15 is 0 Å². The molecule has 2 aliphatic heterocycles. The number of amidine groups is 1. The van der Waals surface area contributed by atoms with Crippen LogP contribution in [-0.4, -0.2) is 37.0 Å². The van der Waals surface area contributed by atoms with Crippen LogP contribution in [0.25, 0.3) is 11.1 Å². The first-order valence-corrected chi connectivity index (χ1v) is 10.4. The highest BCUT2D eigenvalue weighted by atomic mass is 35.5. The molecule has 2 aliphatic rings. The van der Waals surface area contributed by atoms with E-state index in [-0.39, 0.29) is 11.6 Å². The van der Waals surface area contributed by atoms with Crippen LogP contribution in [0.1, 0.15) is 33.3 Å². The predicted octanol–water partition coefficient (Wildman–Crippen LogP) is 6.08. The molecule has 160 valence electrons. The van der Waals surface area contributed by atoms with Crippen LogP contribution in [0.5, 0.6) is 5.75 Å². The molecule has 7 heteroatoms. The van der Waals surface area contributed by atoms with Crippen LogP contribution >= 0.6 is 11.6 Å². The third-order valence-corrected chi connectivity index (χ3v) is 5.45. The number of nitrogens with zero attached hydrogens (tertiary/aromatic N) is 3. The molecule has 4 rings (SSSR count). The molecule has 0 bridgehead atoms. The van der Waals surface area contributed by atoms with Gasteiger partial charge in [0.15, 0.2) is 5.75 Å². The molecule has 2 aromatic rings. The molecule has 0 N–H and O–H groups in total. The van der Waals surface area contributed by atoms with Gasteiger partial charge in [-0.3, -0.25) is 0 Å². The Kier molecular flexibility index (Phi) is 6.36. The number of anilines is 1. The number of halogens is 3. The number of rotatable bonds is 2. The van der Waals surface area contributed by atoms with E-state index in [1.807, 2.05) is 44.5 Å². The third-order valence-electron chi connectivity index (χ3n) is 5.15. The molecule has 1 unspecified atom stereocenters. The minimum Gasteiger partial charge on any atom is -0.489 e. The first kappa shape index (κ1) is 22.1. The van der Waals surface area contributed by atoms with Crippen molar-refractivity contribution in [2.24, 2.45) is 4.99 Å². The van der Waals surface area contributed by atoms with E-state index in [4.69, 9.17) is 16.3 Å². The molecule has 0 fully saturated rings. The van der Waals surface area contributed by atoms with Gasteiger partial charge in [0, 0.05) is 36.3 Å². The second-order valence-electron chi connectivity index (χ2n) is 6.98. The van der Waals surface area contributed by atoms with Crippen LogP contribution in [0.4, 0.5) is 14.5 Å². The van der Waals surface area contributed by atoms with E-state index < -0.39 is 11.6 Å². The highest BCUT2D eigenvalue weighted by Gasteiger charge is 2.37. The molecular weight excluding hydrogens is 408 g/mol. The van der Waals surface area contributed by atoms with Crippen molar-refractivity contribution in [3.63, 3.8) is 0 Å². The number of benzene rings is 2. The summed E-state index contributed by atoms with van der Waals surface area (Å²) >= 11 is 6.59. The van der Waals surface area contributed by atoms with Gasteiger partial charge in [-0.2, -0.15) is 0 Å². The average molecular weight is 434 g/mol. The molecule has 0 saturated heterocycles.